The highest BCUT2D eigenvalue weighted by Crippen LogP contribution is 2.12. The normalized spacial score (nSPS) is 14.5. The van der Waals surface area contributed by atoms with Gasteiger partial charge in [0, 0.05) is 13.3 Å². The van der Waals surface area contributed by atoms with Gasteiger partial charge in [-0.2, -0.15) is 0 Å². The lowest BCUT2D eigenvalue weighted by Crippen LogP contribution is -2.52. The first kappa shape index (κ1) is 25.2. The van der Waals surface area contributed by atoms with Gasteiger partial charge in [-0.25, -0.2) is 0 Å². The maximum Gasteiger partial charge on any atom is 0.243 e. The molecule has 4 N–H and O–H groups in total. The van der Waals surface area contributed by atoms with Gasteiger partial charge in [-0.3, -0.25) is 14.4 Å². The zero-order valence-corrected chi connectivity index (χ0v) is 17.4. The number of ketones is 1. The average Bonchev–Trinajstić information content (AvgIpc) is 2.55. The van der Waals surface area contributed by atoms with Gasteiger partial charge in [0.25, 0.3) is 0 Å². The number of carbonyl (C=O) groups is 4. The molecule has 0 heterocycles. The van der Waals surface area contributed by atoms with Crippen LogP contribution in [-0.2, 0) is 19.2 Å². The average molecular weight is 384 g/mol. The van der Waals surface area contributed by atoms with Gasteiger partial charge in [-0.05, 0) is 37.5 Å². The SMILES string of the molecule is CC(=O)N[C@@H](CC(C)C)C(=O)N[C@@H](CC(C)C)C(=O)CCCC[C@H](N)C=O. The number of hydrogen-bond acceptors (Lipinski definition) is 5. The van der Waals surface area contributed by atoms with Gasteiger partial charge in [0.05, 0.1) is 12.1 Å². The molecule has 0 aromatic heterocycles. The van der Waals surface area contributed by atoms with Crippen molar-refractivity contribution in [1.29, 1.82) is 0 Å². The molecule has 7 heteroatoms. The van der Waals surface area contributed by atoms with Gasteiger partial charge < -0.3 is 21.2 Å². The number of amides is 2. The van der Waals surface area contributed by atoms with Crippen molar-refractivity contribution in [3.63, 3.8) is 0 Å². The summed E-state index contributed by atoms with van der Waals surface area (Å²) in [6.07, 6.45) is 3.97. The van der Waals surface area contributed by atoms with Crippen molar-refractivity contribution in [2.45, 2.75) is 91.3 Å². The lowest BCUT2D eigenvalue weighted by atomic mass is 9.95. The first-order valence-corrected chi connectivity index (χ1v) is 9.87. The molecule has 0 aromatic carbocycles. The predicted octanol–water partition coefficient (Wildman–Crippen LogP) is 1.72. The van der Waals surface area contributed by atoms with E-state index in [9.17, 15) is 19.2 Å². The van der Waals surface area contributed by atoms with E-state index in [2.05, 4.69) is 10.6 Å². The molecule has 0 spiro atoms. The van der Waals surface area contributed by atoms with Gasteiger partial charge in [0.2, 0.25) is 11.8 Å². The highest BCUT2D eigenvalue weighted by molar-refractivity contribution is 5.92. The molecule has 0 saturated heterocycles. The van der Waals surface area contributed by atoms with E-state index in [-0.39, 0.29) is 29.4 Å². The van der Waals surface area contributed by atoms with Crippen LogP contribution in [0.25, 0.3) is 0 Å². The summed E-state index contributed by atoms with van der Waals surface area (Å²) in [5, 5.41) is 5.51. The third kappa shape index (κ3) is 12.3. The summed E-state index contributed by atoms with van der Waals surface area (Å²) in [7, 11) is 0. The Bertz CT molecular complexity index is 492. The van der Waals surface area contributed by atoms with Gasteiger partial charge in [0.15, 0.2) is 5.78 Å². The van der Waals surface area contributed by atoms with Crippen LogP contribution in [-0.4, -0.2) is 42.0 Å². The molecule has 0 saturated carbocycles. The Kier molecular flexibility index (Phi) is 12.5. The topological polar surface area (TPSA) is 118 Å². The van der Waals surface area contributed by atoms with E-state index in [0.717, 1.165) is 0 Å². The minimum absolute atomic E-state index is 0.0251. The Morgan fingerprint density at radius 2 is 1.48 bits per heavy atom. The predicted molar refractivity (Wildman–Crippen MR) is 106 cm³/mol. The van der Waals surface area contributed by atoms with Crippen molar-refractivity contribution in [2.75, 3.05) is 0 Å². The fraction of sp³-hybridized carbons (Fsp3) is 0.800. The standard InChI is InChI=1S/C20H37N3O4/c1-13(2)10-17(19(26)9-7-6-8-16(21)12-24)23-20(27)18(11-14(3)4)22-15(5)25/h12-14,16-18H,6-11,21H2,1-5H3,(H,22,25)(H,23,27)/t16-,17-,18-/m0/s1. The number of Topliss-reactive ketones (excluding diaryl/α,β-unsaturated/α-hetero) is 1. The number of carbonyl (C=O) groups excluding carboxylic acids is 4. The van der Waals surface area contributed by atoms with Gasteiger partial charge >= 0.3 is 0 Å². The number of nitrogens with two attached hydrogens (primary N) is 1. The number of hydrogen-bond donors (Lipinski definition) is 3. The molecule has 7 nitrogen and oxygen atoms in total. The minimum Gasteiger partial charge on any atom is -0.345 e. The Hall–Kier alpha value is -1.76. The smallest absolute Gasteiger partial charge is 0.243 e. The van der Waals surface area contributed by atoms with Crippen LogP contribution in [0.1, 0.15) is 73.1 Å². The van der Waals surface area contributed by atoms with Crippen LogP contribution in [0.2, 0.25) is 0 Å². The summed E-state index contributed by atoms with van der Waals surface area (Å²) in [6, 6.07) is -1.70. The van der Waals surface area contributed by atoms with E-state index in [0.29, 0.717) is 44.8 Å². The molecule has 3 atom stereocenters. The van der Waals surface area contributed by atoms with Gasteiger partial charge in [-0.1, -0.05) is 34.1 Å². The van der Waals surface area contributed by atoms with E-state index in [1.165, 1.54) is 6.92 Å². The largest absolute Gasteiger partial charge is 0.345 e. The molecule has 0 bridgehead atoms. The summed E-state index contributed by atoms with van der Waals surface area (Å²) in [5.74, 6) is -0.140. The molecule has 0 fully saturated rings. The summed E-state index contributed by atoms with van der Waals surface area (Å²) >= 11 is 0. The Morgan fingerprint density at radius 3 is 1.96 bits per heavy atom. The zero-order valence-electron chi connectivity index (χ0n) is 17.4. The molecule has 0 aliphatic heterocycles. The van der Waals surface area contributed by atoms with Crippen molar-refractivity contribution in [3.05, 3.63) is 0 Å². The Balaban J connectivity index is 4.84. The monoisotopic (exact) mass is 383 g/mol. The van der Waals surface area contributed by atoms with Crippen molar-refractivity contribution in [1.82, 2.24) is 10.6 Å². The van der Waals surface area contributed by atoms with Crippen LogP contribution >= 0.6 is 0 Å². The van der Waals surface area contributed by atoms with Crippen LogP contribution in [0, 0.1) is 11.8 Å². The van der Waals surface area contributed by atoms with Crippen LogP contribution < -0.4 is 16.4 Å². The summed E-state index contributed by atoms with van der Waals surface area (Å²) in [5.41, 5.74) is 5.55. The fourth-order valence-electron chi connectivity index (χ4n) is 2.88. The zero-order chi connectivity index (χ0) is 21.0. The highest BCUT2D eigenvalue weighted by atomic mass is 16.2. The molecule has 0 aliphatic rings. The van der Waals surface area contributed by atoms with Crippen molar-refractivity contribution in [3.8, 4) is 0 Å². The number of aldehydes is 1. The third-order valence-electron chi connectivity index (χ3n) is 4.20. The van der Waals surface area contributed by atoms with Crippen molar-refractivity contribution in [2.24, 2.45) is 17.6 Å². The van der Waals surface area contributed by atoms with Crippen LogP contribution in [0.4, 0.5) is 0 Å². The van der Waals surface area contributed by atoms with Gasteiger partial charge in [-0.15, -0.1) is 0 Å². The minimum atomic E-state index is -0.643. The quantitative estimate of drug-likeness (QED) is 0.312. The number of unbranched alkanes of at least 4 members (excludes halogenated alkanes) is 1. The van der Waals surface area contributed by atoms with Crippen LogP contribution in [0.3, 0.4) is 0 Å². The molecule has 0 radical (unpaired) electrons. The molecular formula is C20H37N3O4. The number of nitrogens with one attached hydrogen (secondary N) is 2. The van der Waals surface area contributed by atoms with Crippen LogP contribution in [0.15, 0.2) is 0 Å². The molecule has 0 unspecified atom stereocenters. The van der Waals surface area contributed by atoms with E-state index in [1.807, 2.05) is 27.7 Å². The Morgan fingerprint density at radius 1 is 0.926 bits per heavy atom. The van der Waals surface area contributed by atoms with Crippen molar-refractivity contribution < 1.29 is 19.2 Å². The Labute approximate surface area is 163 Å². The molecule has 0 rings (SSSR count). The van der Waals surface area contributed by atoms with Crippen molar-refractivity contribution >= 4 is 23.9 Å². The fourth-order valence-corrected chi connectivity index (χ4v) is 2.88. The van der Waals surface area contributed by atoms with E-state index in [1.54, 1.807) is 0 Å². The maximum atomic E-state index is 12.6. The molecule has 156 valence electrons. The van der Waals surface area contributed by atoms with E-state index >= 15 is 0 Å². The lowest BCUT2D eigenvalue weighted by molar-refractivity contribution is -0.131. The third-order valence-corrected chi connectivity index (χ3v) is 4.20. The summed E-state index contributed by atoms with van der Waals surface area (Å²) in [6.45, 7) is 9.32. The second kappa shape index (κ2) is 13.4. The molecular weight excluding hydrogens is 346 g/mol. The molecule has 0 aliphatic carbocycles. The first-order valence-electron chi connectivity index (χ1n) is 9.87. The summed E-state index contributed by atoms with van der Waals surface area (Å²) < 4.78 is 0. The van der Waals surface area contributed by atoms with E-state index in [4.69, 9.17) is 5.73 Å². The van der Waals surface area contributed by atoms with Gasteiger partial charge in [0.1, 0.15) is 12.3 Å². The molecule has 27 heavy (non-hydrogen) atoms. The van der Waals surface area contributed by atoms with E-state index < -0.39 is 18.1 Å². The number of rotatable bonds is 14. The maximum absolute atomic E-state index is 12.6. The second-order valence-corrected chi connectivity index (χ2v) is 8.09. The first-order chi connectivity index (χ1) is 12.6. The molecule has 2 amide bonds. The summed E-state index contributed by atoms with van der Waals surface area (Å²) in [4.78, 5) is 47.2. The second-order valence-electron chi connectivity index (χ2n) is 8.09. The highest BCUT2D eigenvalue weighted by Gasteiger charge is 2.26. The lowest BCUT2D eigenvalue weighted by Gasteiger charge is -2.24. The van der Waals surface area contributed by atoms with Crippen LogP contribution in [0.5, 0.6) is 0 Å². The molecule has 0 aromatic rings.